The zero-order valence-corrected chi connectivity index (χ0v) is 20.1. The molecule has 0 spiro atoms. The number of nitrogens with zero attached hydrogens (tertiary/aromatic N) is 2. The first-order valence-electron chi connectivity index (χ1n) is 10.7. The maximum absolute atomic E-state index is 11.9. The molecule has 0 saturated carbocycles. The Kier molecular flexibility index (Phi) is 8.06. The molecule has 0 radical (unpaired) electrons. The van der Waals surface area contributed by atoms with Crippen molar-refractivity contribution in [2.45, 2.75) is 39.3 Å². The van der Waals surface area contributed by atoms with Gasteiger partial charge in [-0.1, -0.05) is 30.3 Å². The van der Waals surface area contributed by atoms with Gasteiger partial charge in [0.1, 0.15) is 5.60 Å². The van der Waals surface area contributed by atoms with Crippen LogP contribution in [0.25, 0.3) is 11.3 Å². The molecule has 1 heterocycles. The highest BCUT2D eigenvalue weighted by atomic mass is 32.1. The van der Waals surface area contributed by atoms with Gasteiger partial charge in [-0.05, 0) is 57.0 Å². The number of methoxy groups -OCH3 is 1. The van der Waals surface area contributed by atoms with Gasteiger partial charge in [-0.2, -0.15) is 0 Å². The molecule has 7 nitrogen and oxygen atoms in total. The molecule has 2 aromatic carbocycles. The van der Waals surface area contributed by atoms with Gasteiger partial charge in [-0.3, -0.25) is 0 Å². The molecule has 0 fully saturated rings. The summed E-state index contributed by atoms with van der Waals surface area (Å²) in [7, 11) is 1.37. The summed E-state index contributed by atoms with van der Waals surface area (Å²) in [6.07, 6.45) is 0.274. The highest BCUT2D eigenvalue weighted by Gasteiger charge is 2.16. The number of benzene rings is 2. The van der Waals surface area contributed by atoms with Crippen LogP contribution in [0.4, 0.5) is 10.5 Å². The second kappa shape index (κ2) is 11.0. The Labute approximate surface area is 197 Å². The third-order valence-corrected chi connectivity index (χ3v) is 5.47. The van der Waals surface area contributed by atoms with Gasteiger partial charge in [0.15, 0.2) is 4.80 Å². The van der Waals surface area contributed by atoms with E-state index in [4.69, 9.17) is 14.5 Å². The molecular weight excluding hydrogens is 438 g/mol. The Balaban J connectivity index is 1.83. The summed E-state index contributed by atoms with van der Waals surface area (Å²) in [6, 6.07) is 17.1. The van der Waals surface area contributed by atoms with Crippen molar-refractivity contribution >= 4 is 29.1 Å². The molecule has 0 saturated heterocycles. The number of para-hydroxylation sites is 1. The first kappa shape index (κ1) is 24.3. The van der Waals surface area contributed by atoms with E-state index in [1.165, 1.54) is 7.11 Å². The molecule has 3 rings (SSSR count). The topological polar surface area (TPSA) is 81.9 Å². The van der Waals surface area contributed by atoms with Crippen LogP contribution in [0.1, 0.15) is 37.6 Å². The van der Waals surface area contributed by atoms with Crippen molar-refractivity contribution in [2.75, 3.05) is 13.7 Å². The van der Waals surface area contributed by atoms with E-state index in [1.54, 1.807) is 23.5 Å². The van der Waals surface area contributed by atoms with E-state index in [1.807, 2.05) is 63.2 Å². The number of ether oxygens (including phenoxy) is 2. The minimum atomic E-state index is -0.530. The van der Waals surface area contributed by atoms with Gasteiger partial charge >= 0.3 is 12.1 Å². The minimum Gasteiger partial charge on any atom is -0.465 e. The average Bonchev–Trinajstić information content (AvgIpc) is 3.18. The quantitative estimate of drug-likeness (QED) is 0.385. The van der Waals surface area contributed by atoms with E-state index < -0.39 is 11.7 Å². The number of rotatable bonds is 7. The normalized spacial score (nSPS) is 11.8. The number of hydrogen-bond donors (Lipinski definition) is 1. The van der Waals surface area contributed by atoms with E-state index in [0.29, 0.717) is 25.1 Å². The van der Waals surface area contributed by atoms with Gasteiger partial charge in [-0.15, -0.1) is 11.3 Å². The van der Waals surface area contributed by atoms with Crippen LogP contribution in [0.2, 0.25) is 0 Å². The summed E-state index contributed by atoms with van der Waals surface area (Å²) < 4.78 is 12.2. The summed E-state index contributed by atoms with van der Waals surface area (Å²) in [4.78, 5) is 29.4. The van der Waals surface area contributed by atoms with E-state index in [0.717, 1.165) is 21.7 Å². The summed E-state index contributed by atoms with van der Waals surface area (Å²) in [5.74, 6) is -0.368. The second-order valence-corrected chi connectivity index (χ2v) is 9.19. The van der Waals surface area contributed by atoms with Crippen molar-refractivity contribution in [3.8, 4) is 11.3 Å². The van der Waals surface area contributed by atoms with Crippen LogP contribution in [-0.2, 0) is 16.0 Å². The van der Waals surface area contributed by atoms with Crippen molar-refractivity contribution in [1.29, 1.82) is 0 Å². The summed E-state index contributed by atoms with van der Waals surface area (Å²) in [5, 5.41) is 4.86. The highest BCUT2D eigenvalue weighted by Crippen LogP contribution is 2.22. The van der Waals surface area contributed by atoms with E-state index in [9.17, 15) is 9.59 Å². The van der Waals surface area contributed by atoms with Gasteiger partial charge < -0.3 is 19.4 Å². The number of esters is 1. The van der Waals surface area contributed by atoms with Crippen LogP contribution in [0.5, 0.6) is 0 Å². The molecule has 0 unspecified atom stereocenters. The molecule has 0 atom stereocenters. The molecule has 1 amide bonds. The first-order chi connectivity index (χ1) is 15.8. The predicted octanol–water partition coefficient (Wildman–Crippen LogP) is 5.15. The lowest BCUT2D eigenvalue weighted by molar-refractivity contribution is 0.0525. The number of hydrogen-bond acceptors (Lipinski definition) is 6. The maximum Gasteiger partial charge on any atom is 0.407 e. The lowest BCUT2D eigenvalue weighted by Crippen LogP contribution is -2.33. The van der Waals surface area contributed by atoms with Crippen LogP contribution in [0.3, 0.4) is 0 Å². The zero-order chi connectivity index (χ0) is 23.8. The third kappa shape index (κ3) is 7.05. The fourth-order valence-corrected chi connectivity index (χ4v) is 4.07. The van der Waals surface area contributed by atoms with Gasteiger partial charge in [-0.25, -0.2) is 14.6 Å². The van der Waals surface area contributed by atoms with E-state index in [2.05, 4.69) is 15.3 Å². The molecule has 1 aromatic heterocycles. The smallest absolute Gasteiger partial charge is 0.407 e. The summed E-state index contributed by atoms with van der Waals surface area (Å²) >= 11 is 1.55. The molecule has 3 aromatic rings. The highest BCUT2D eigenvalue weighted by molar-refractivity contribution is 7.07. The van der Waals surface area contributed by atoms with Crippen molar-refractivity contribution in [2.24, 2.45) is 4.99 Å². The minimum absolute atomic E-state index is 0.368. The molecule has 33 heavy (non-hydrogen) atoms. The van der Waals surface area contributed by atoms with Crippen LogP contribution in [0, 0.1) is 0 Å². The fourth-order valence-electron chi connectivity index (χ4n) is 3.12. The van der Waals surface area contributed by atoms with Crippen molar-refractivity contribution in [3.63, 3.8) is 0 Å². The first-order valence-corrected chi connectivity index (χ1v) is 11.6. The number of nitrogens with one attached hydrogen (secondary N) is 1. The number of thiazole rings is 1. The van der Waals surface area contributed by atoms with Crippen molar-refractivity contribution in [1.82, 2.24) is 9.88 Å². The van der Waals surface area contributed by atoms with E-state index in [-0.39, 0.29) is 5.97 Å². The molecule has 0 aliphatic heterocycles. The van der Waals surface area contributed by atoms with Gasteiger partial charge in [0.05, 0.1) is 24.1 Å². The van der Waals surface area contributed by atoms with Crippen LogP contribution < -0.4 is 10.1 Å². The van der Waals surface area contributed by atoms with Crippen LogP contribution in [0.15, 0.2) is 65.0 Å². The van der Waals surface area contributed by atoms with Gasteiger partial charge in [0, 0.05) is 18.5 Å². The molecular formula is C25H29N3O4S. The Bertz CT molecular complexity index is 1140. The van der Waals surface area contributed by atoms with E-state index >= 15 is 0 Å². The molecule has 0 aliphatic rings. The maximum atomic E-state index is 11.9. The predicted molar refractivity (Wildman–Crippen MR) is 130 cm³/mol. The number of alkyl carbamates (subject to hydrolysis) is 1. The van der Waals surface area contributed by atoms with Crippen LogP contribution in [-0.4, -0.2) is 35.9 Å². The molecule has 0 aliphatic carbocycles. The Morgan fingerprint density at radius 2 is 1.76 bits per heavy atom. The SMILES string of the molecule is COC(=O)c1ccc(-c2csc(=Nc3ccccc3)n2CCCNC(=O)OC(C)(C)C)cc1. The lowest BCUT2D eigenvalue weighted by atomic mass is 10.1. The second-order valence-electron chi connectivity index (χ2n) is 8.35. The lowest BCUT2D eigenvalue weighted by Gasteiger charge is -2.19. The zero-order valence-electron chi connectivity index (χ0n) is 19.3. The molecule has 1 N–H and O–H groups in total. The fraction of sp³-hybridized carbons (Fsp3) is 0.320. The summed E-state index contributed by atoms with van der Waals surface area (Å²) in [5.41, 5.74) is 2.79. The monoisotopic (exact) mass is 467 g/mol. The standard InChI is InChI=1S/C25H29N3O4S/c1-25(2,3)32-24(30)26-15-8-16-28-21(18-11-13-19(14-12-18)22(29)31-4)17-33-23(28)27-20-9-6-5-7-10-20/h5-7,9-14,17H,8,15-16H2,1-4H3,(H,26,30). The Morgan fingerprint density at radius 1 is 1.06 bits per heavy atom. The molecule has 8 heteroatoms. The van der Waals surface area contributed by atoms with Crippen LogP contribution >= 0.6 is 11.3 Å². The Morgan fingerprint density at radius 3 is 2.39 bits per heavy atom. The number of aromatic nitrogens is 1. The largest absolute Gasteiger partial charge is 0.465 e. The molecule has 0 bridgehead atoms. The number of carbonyl (C=O) groups excluding carboxylic acids is 2. The third-order valence-electron chi connectivity index (χ3n) is 4.61. The molecule has 174 valence electrons. The van der Waals surface area contributed by atoms with Crippen molar-refractivity contribution < 1.29 is 19.1 Å². The van der Waals surface area contributed by atoms with Gasteiger partial charge in [0.25, 0.3) is 0 Å². The average molecular weight is 468 g/mol. The van der Waals surface area contributed by atoms with Gasteiger partial charge in [0.2, 0.25) is 0 Å². The Hall–Kier alpha value is -3.39. The summed E-state index contributed by atoms with van der Waals surface area (Å²) in [6.45, 7) is 6.64. The number of carbonyl (C=O) groups is 2. The van der Waals surface area contributed by atoms with Crippen molar-refractivity contribution in [3.05, 3.63) is 70.3 Å². The number of amides is 1.